The molecule has 1 aliphatic carbocycles. The summed E-state index contributed by atoms with van der Waals surface area (Å²) in [5, 5.41) is 0. The number of amides is 2. The Kier molecular flexibility index (Phi) is 8.77. The fourth-order valence-corrected chi connectivity index (χ4v) is 5.33. The van der Waals surface area contributed by atoms with Crippen LogP contribution in [0.15, 0.2) is 48.5 Å². The number of benzene rings is 2. The number of hydrogen-bond donors (Lipinski definition) is 0. The van der Waals surface area contributed by atoms with E-state index in [1.54, 1.807) is 17.0 Å². The van der Waals surface area contributed by atoms with Gasteiger partial charge >= 0.3 is 6.18 Å². The molecule has 1 saturated carbocycles. The van der Waals surface area contributed by atoms with Crippen molar-refractivity contribution in [3.63, 3.8) is 0 Å². The fourth-order valence-electron chi connectivity index (χ4n) is 5.33. The van der Waals surface area contributed by atoms with Gasteiger partial charge in [0.1, 0.15) is 11.9 Å². The molecule has 1 aliphatic heterocycles. The van der Waals surface area contributed by atoms with Gasteiger partial charge in [0.15, 0.2) is 0 Å². The Bertz CT molecular complexity index is 1070. The van der Waals surface area contributed by atoms with Gasteiger partial charge in [-0.3, -0.25) is 9.59 Å². The Hall–Kier alpha value is -3.03. The molecule has 0 aromatic heterocycles. The van der Waals surface area contributed by atoms with E-state index in [1.807, 2.05) is 24.1 Å². The van der Waals surface area contributed by atoms with Crippen LogP contribution in [-0.4, -0.2) is 53.9 Å². The molecule has 0 bridgehead atoms. The number of fused-ring (bicyclic) bond motifs is 2. The van der Waals surface area contributed by atoms with Gasteiger partial charge in [-0.1, -0.05) is 37.8 Å². The second-order valence-corrected chi connectivity index (χ2v) is 10.1. The van der Waals surface area contributed by atoms with Crippen molar-refractivity contribution in [2.75, 3.05) is 20.1 Å². The van der Waals surface area contributed by atoms with Crippen LogP contribution in [0.25, 0.3) is 0 Å². The second-order valence-electron chi connectivity index (χ2n) is 10.1. The molecular formula is C29H35F3N2O3. The van der Waals surface area contributed by atoms with Crippen molar-refractivity contribution in [2.24, 2.45) is 0 Å². The molecule has 0 N–H and O–H groups in total. The van der Waals surface area contributed by atoms with Crippen LogP contribution in [0, 0.1) is 0 Å². The minimum Gasteiger partial charge on any atom is -0.487 e. The standard InChI is InChI=1S/C29H35F3N2O3/c1-33-19-9-3-2-4-10-20-34(27(35)21-15-17-22(18-16-21)29(30,31)32)24-12-6-8-14-26(24)37-25-13-7-5-11-23(25)28(33)36/h5,7,11,13,15-18,24,26H,2-4,6,8-10,12,14,19-20H2,1H3/t24-,26+/m1/s1. The molecule has 1 fully saturated rings. The number of alkyl halides is 3. The van der Waals surface area contributed by atoms with Gasteiger partial charge < -0.3 is 14.5 Å². The molecule has 5 nitrogen and oxygen atoms in total. The largest absolute Gasteiger partial charge is 0.487 e. The molecule has 0 saturated heterocycles. The van der Waals surface area contributed by atoms with E-state index in [0.717, 1.165) is 69.9 Å². The Morgan fingerprint density at radius 2 is 1.51 bits per heavy atom. The maximum Gasteiger partial charge on any atom is 0.416 e. The molecule has 4 rings (SSSR count). The van der Waals surface area contributed by atoms with Crippen molar-refractivity contribution in [1.82, 2.24) is 9.80 Å². The predicted molar refractivity (Wildman–Crippen MR) is 136 cm³/mol. The number of carbonyl (C=O) groups is 2. The Morgan fingerprint density at radius 3 is 2.24 bits per heavy atom. The zero-order valence-electron chi connectivity index (χ0n) is 21.3. The first kappa shape index (κ1) is 27.0. The Balaban J connectivity index is 1.65. The van der Waals surface area contributed by atoms with Crippen LogP contribution in [-0.2, 0) is 6.18 Å². The summed E-state index contributed by atoms with van der Waals surface area (Å²) in [6.07, 6.45) is 3.21. The highest BCUT2D eigenvalue weighted by Crippen LogP contribution is 2.32. The predicted octanol–water partition coefficient (Wildman–Crippen LogP) is 6.57. The first-order valence-corrected chi connectivity index (χ1v) is 13.2. The van der Waals surface area contributed by atoms with Crippen molar-refractivity contribution >= 4 is 11.8 Å². The lowest BCUT2D eigenvalue weighted by Gasteiger charge is -2.40. The third kappa shape index (κ3) is 6.65. The summed E-state index contributed by atoms with van der Waals surface area (Å²) in [5.41, 5.74) is -0.0245. The van der Waals surface area contributed by atoms with Gasteiger partial charge in [0.2, 0.25) is 0 Å². The molecule has 37 heavy (non-hydrogen) atoms. The fraction of sp³-hybridized carbons (Fsp3) is 0.517. The minimum absolute atomic E-state index is 0.0875. The number of hydrogen-bond acceptors (Lipinski definition) is 3. The molecule has 0 radical (unpaired) electrons. The van der Waals surface area contributed by atoms with E-state index in [9.17, 15) is 22.8 Å². The van der Waals surface area contributed by atoms with E-state index in [4.69, 9.17) is 4.74 Å². The quantitative estimate of drug-likeness (QED) is 0.431. The van der Waals surface area contributed by atoms with Gasteiger partial charge in [-0.25, -0.2) is 0 Å². The average Bonchev–Trinajstić information content (AvgIpc) is 2.90. The average molecular weight is 517 g/mol. The molecule has 2 aliphatic rings. The van der Waals surface area contributed by atoms with Crippen molar-refractivity contribution in [3.05, 3.63) is 65.2 Å². The summed E-state index contributed by atoms with van der Waals surface area (Å²) in [6, 6.07) is 11.5. The van der Waals surface area contributed by atoms with Crippen LogP contribution < -0.4 is 4.74 Å². The van der Waals surface area contributed by atoms with Gasteiger partial charge in [-0.2, -0.15) is 13.2 Å². The number of rotatable bonds is 1. The third-order valence-corrected chi connectivity index (χ3v) is 7.42. The Morgan fingerprint density at radius 1 is 0.865 bits per heavy atom. The lowest BCUT2D eigenvalue weighted by Crippen LogP contribution is -2.51. The third-order valence-electron chi connectivity index (χ3n) is 7.42. The molecular weight excluding hydrogens is 481 g/mol. The summed E-state index contributed by atoms with van der Waals surface area (Å²) < 4.78 is 45.7. The van der Waals surface area contributed by atoms with Gasteiger partial charge in [-0.15, -0.1) is 0 Å². The summed E-state index contributed by atoms with van der Waals surface area (Å²) >= 11 is 0. The van der Waals surface area contributed by atoms with E-state index in [0.29, 0.717) is 24.4 Å². The van der Waals surface area contributed by atoms with Crippen molar-refractivity contribution < 1.29 is 27.5 Å². The molecule has 200 valence electrons. The lowest BCUT2D eigenvalue weighted by atomic mass is 9.90. The monoisotopic (exact) mass is 516 g/mol. The number of carbonyl (C=O) groups excluding carboxylic acids is 2. The molecule has 1 heterocycles. The van der Waals surface area contributed by atoms with Crippen LogP contribution in [0.1, 0.15) is 84.1 Å². The van der Waals surface area contributed by atoms with E-state index in [-0.39, 0.29) is 29.5 Å². The van der Waals surface area contributed by atoms with Crippen molar-refractivity contribution in [2.45, 2.75) is 76.1 Å². The smallest absolute Gasteiger partial charge is 0.416 e. The minimum atomic E-state index is -4.45. The molecule has 0 spiro atoms. The summed E-state index contributed by atoms with van der Waals surface area (Å²) in [4.78, 5) is 30.4. The zero-order valence-corrected chi connectivity index (χ0v) is 21.3. The topological polar surface area (TPSA) is 49.9 Å². The first-order chi connectivity index (χ1) is 17.8. The van der Waals surface area contributed by atoms with Gasteiger partial charge in [0.25, 0.3) is 11.8 Å². The van der Waals surface area contributed by atoms with Crippen LogP contribution in [0.2, 0.25) is 0 Å². The normalized spacial score (nSPS) is 22.2. The number of halogens is 3. The van der Waals surface area contributed by atoms with Gasteiger partial charge in [-0.05, 0) is 68.5 Å². The highest BCUT2D eigenvalue weighted by molar-refractivity contribution is 5.97. The maximum atomic E-state index is 13.7. The number of ether oxygens (including phenoxy) is 1. The van der Waals surface area contributed by atoms with Crippen LogP contribution in [0.3, 0.4) is 0 Å². The van der Waals surface area contributed by atoms with E-state index in [1.165, 1.54) is 12.1 Å². The van der Waals surface area contributed by atoms with E-state index in [2.05, 4.69) is 0 Å². The number of para-hydroxylation sites is 1. The van der Waals surface area contributed by atoms with E-state index < -0.39 is 11.7 Å². The molecule has 2 aromatic carbocycles. The first-order valence-electron chi connectivity index (χ1n) is 13.2. The molecule has 2 atom stereocenters. The van der Waals surface area contributed by atoms with Crippen molar-refractivity contribution in [3.8, 4) is 5.75 Å². The highest BCUT2D eigenvalue weighted by Gasteiger charge is 2.36. The summed E-state index contributed by atoms with van der Waals surface area (Å²) in [5.74, 6) is 0.145. The molecule has 2 aromatic rings. The van der Waals surface area contributed by atoms with E-state index >= 15 is 0 Å². The maximum absolute atomic E-state index is 13.7. The Labute approximate surface area is 216 Å². The summed E-state index contributed by atoms with van der Waals surface area (Å²) in [6.45, 7) is 1.18. The lowest BCUT2D eigenvalue weighted by molar-refractivity contribution is -0.137. The number of nitrogens with zero attached hydrogens (tertiary/aromatic N) is 2. The molecule has 8 heteroatoms. The highest BCUT2D eigenvalue weighted by atomic mass is 19.4. The van der Waals surface area contributed by atoms with Gasteiger partial charge in [0, 0.05) is 25.7 Å². The molecule has 0 unspecified atom stereocenters. The van der Waals surface area contributed by atoms with Crippen LogP contribution >= 0.6 is 0 Å². The van der Waals surface area contributed by atoms with Crippen LogP contribution in [0.4, 0.5) is 13.2 Å². The second kappa shape index (κ2) is 12.0. The summed E-state index contributed by atoms with van der Waals surface area (Å²) in [7, 11) is 1.81. The van der Waals surface area contributed by atoms with Gasteiger partial charge in [0.05, 0.1) is 17.2 Å². The molecule has 2 amide bonds. The van der Waals surface area contributed by atoms with Crippen LogP contribution in [0.5, 0.6) is 5.75 Å². The van der Waals surface area contributed by atoms with Crippen molar-refractivity contribution in [1.29, 1.82) is 0 Å². The SMILES string of the molecule is CN1CCCCCCCN(C(=O)c2ccc(C(F)(F)F)cc2)[C@@H]2CCCC[C@@H]2Oc2ccccc2C1=O. The zero-order chi connectivity index (χ0) is 26.4.